The third-order valence-corrected chi connectivity index (χ3v) is 5.38. The first-order valence-electron chi connectivity index (χ1n) is 9.14. The number of urea groups is 1. The van der Waals surface area contributed by atoms with Crippen LogP contribution in [0.3, 0.4) is 0 Å². The van der Waals surface area contributed by atoms with Gasteiger partial charge in [0.15, 0.2) is 0 Å². The van der Waals surface area contributed by atoms with Crippen molar-refractivity contribution in [2.24, 2.45) is 11.8 Å². The van der Waals surface area contributed by atoms with Gasteiger partial charge >= 0.3 is 13.1 Å². The molecule has 4 rings (SSSR count). The van der Waals surface area contributed by atoms with E-state index in [9.17, 15) is 9.82 Å². The Morgan fingerprint density at radius 2 is 2.42 bits per heavy atom. The fourth-order valence-electron chi connectivity index (χ4n) is 4.01. The second-order valence-corrected chi connectivity index (χ2v) is 7.02. The van der Waals surface area contributed by atoms with E-state index in [0.29, 0.717) is 24.8 Å². The van der Waals surface area contributed by atoms with Crippen LogP contribution in [0.1, 0.15) is 25.8 Å². The quantitative estimate of drug-likeness (QED) is 0.720. The summed E-state index contributed by atoms with van der Waals surface area (Å²) in [5.74, 6) is 2.89. The molecular formula is C18H23BN4O3. The highest BCUT2D eigenvalue weighted by atomic mass is 16.5. The van der Waals surface area contributed by atoms with E-state index in [1.54, 1.807) is 12.2 Å². The molecule has 2 atom stereocenters. The highest BCUT2D eigenvalue weighted by Crippen LogP contribution is 2.43. The first kappa shape index (κ1) is 17.0. The Hall–Kier alpha value is -2.48. The van der Waals surface area contributed by atoms with Gasteiger partial charge in [-0.2, -0.15) is 0 Å². The first-order valence-corrected chi connectivity index (χ1v) is 9.14. The van der Waals surface area contributed by atoms with E-state index in [-0.39, 0.29) is 11.9 Å². The number of H-pyrrole nitrogens is 1. The van der Waals surface area contributed by atoms with Crippen LogP contribution in [0.15, 0.2) is 24.4 Å². The molecule has 136 valence electrons. The zero-order valence-electron chi connectivity index (χ0n) is 15.0. The minimum Gasteiger partial charge on any atom is -0.531 e. The maximum atomic E-state index is 12.3. The van der Waals surface area contributed by atoms with Gasteiger partial charge in [-0.1, -0.05) is 6.92 Å². The van der Waals surface area contributed by atoms with Gasteiger partial charge in [0.25, 0.3) is 0 Å². The predicted octanol–water partition coefficient (Wildman–Crippen LogP) is 2.05. The van der Waals surface area contributed by atoms with Crippen molar-refractivity contribution < 1.29 is 14.5 Å². The molecule has 0 aliphatic carbocycles. The summed E-state index contributed by atoms with van der Waals surface area (Å²) in [6, 6.07) is 1.95. The topological polar surface area (TPSA) is 90.5 Å². The van der Waals surface area contributed by atoms with Crippen molar-refractivity contribution in [3.05, 3.63) is 30.0 Å². The summed E-state index contributed by atoms with van der Waals surface area (Å²) in [6.07, 6.45) is 4.43. The molecule has 0 unspecified atom stereocenters. The molecule has 3 N–H and O–H groups in total. The average molecular weight is 354 g/mol. The molecule has 0 bridgehead atoms. The van der Waals surface area contributed by atoms with Crippen LogP contribution in [0.25, 0.3) is 16.6 Å². The van der Waals surface area contributed by atoms with Gasteiger partial charge in [-0.25, -0.2) is 9.78 Å². The molecule has 1 fully saturated rings. The Kier molecular flexibility index (Phi) is 4.36. The number of likely N-dealkylation sites (tertiary alicyclic amines) is 1. The van der Waals surface area contributed by atoms with Gasteiger partial charge < -0.3 is 24.9 Å². The largest absolute Gasteiger partial charge is 0.552 e. The fraction of sp³-hybridized carbons (Fsp3) is 0.444. The Labute approximate surface area is 152 Å². The van der Waals surface area contributed by atoms with Crippen molar-refractivity contribution in [3.63, 3.8) is 0 Å². The molecule has 2 amide bonds. The Morgan fingerprint density at radius 1 is 1.58 bits per heavy atom. The molecular weight excluding hydrogens is 331 g/mol. The number of fused-ring (bicyclic) bond motifs is 3. The minimum atomic E-state index is -0.997. The molecule has 4 heterocycles. The van der Waals surface area contributed by atoms with E-state index >= 15 is 0 Å². The van der Waals surface area contributed by atoms with E-state index < -0.39 is 7.12 Å². The molecule has 0 aromatic carbocycles. The third-order valence-electron chi connectivity index (χ3n) is 5.38. The van der Waals surface area contributed by atoms with Crippen molar-refractivity contribution in [2.75, 3.05) is 19.6 Å². The fourth-order valence-corrected chi connectivity index (χ4v) is 4.01. The number of aromatic amines is 1. The van der Waals surface area contributed by atoms with Crippen molar-refractivity contribution >= 4 is 29.8 Å². The lowest BCUT2D eigenvalue weighted by molar-refractivity contribution is 0.157. The van der Waals surface area contributed by atoms with E-state index in [2.05, 4.69) is 22.2 Å². The smallest absolute Gasteiger partial charge is 0.531 e. The normalized spacial score (nSPS) is 22.7. The van der Waals surface area contributed by atoms with Crippen molar-refractivity contribution in [2.45, 2.75) is 20.3 Å². The van der Waals surface area contributed by atoms with Gasteiger partial charge in [-0.05, 0) is 36.9 Å². The van der Waals surface area contributed by atoms with E-state index in [1.165, 1.54) is 0 Å². The highest BCUT2D eigenvalue weighted by Gasteiger charge is 2.36. The molecule has 7 nitrogen and oxygen atoms in total. The standard InChI is InChI=1S/C18H23BN4O3/c1-3-20-18(24)23-7-5-11(2)14(10-23)13-8-19(25)26-15-9-22-17-12(16(13)15)4-6-21-17/h4,6,8-9,11,14,25H,3,5,7,10H2,1-2H3,(H,20,24)(H,21,22)/t11-,14+/m0/s1. The minimum absolute atomic E-state index is 0.0284. The van der Waals surface area contributed by atoms with Crippen LogP contribution in [-0.4, -0.2) is 52.7 Å². The molecule has 8 heteroatoms. The van der Waals surface area contributed by atoms with Gasteiger partial charge in [0, 0.05) is 42.7 Å². The third kappa shape index (κ3) is 2.84. The number of carbonyl (C=O) groups excluding carboxylic acids is 1. The van der Waals surface area contributed by atoms with Gasteiger partial charge in [-0.15, -0.1) is 0 Å². The Morgan fingerprint density at radius 3 is 3.23 bits per heavy atom. The van der Waals surface area contributed by atoms with Crippen molar-refractivity contribution in [1.82, 2.24) is 20.2 Å². The van der Waals surface area contributed by atoms with Crippen LogP contribution < -0.4 is 9.97 Å². The molecule has 2 aliphatic rings. The second-order valence-electron chi connectivity index (χ2n) is 7.02. The zero-order chi connectivity index (χ0) is 18.3. The molecule has 0 saturated carbocycles. The van der Waals surface area contributed by atoms with Crippen LogP contribution in [0, 0.1) is 11.8 Å². The number of amides is 2. The van der Waals surface area contributed by atoms with E-state index in [0.717, 1.165) is 35.1 Å². The van der Waals surface area contributed by atoms with Gasteiger partial charge in [0.2, 0.25) is 0 Å². The Bertz CT molecular complexity index is 865. The number of nitrogens with zero attached hydrogens (tertiary/aromatic N) is 2. The molecule has 1 saturated heterocycles. The average Bonchev–Trinajstić information content (AvgIpc) is 3.10. The van der Waals surface area contributed by atoms with Crippen LogP contribution >= 0.6 is 0 Å². The summed E-state index contributed by atoms with van der Waals surface area (Å²) in [5.41, 5.74) is 2.79. The summed E-state index contributed by atoms with van der Waals surface area (Å²) in [5, 5.41) is 14.1. The number of rotatable bonds is 2. The summed E-state index contributed by atoms with van der Waals surface area (Å²) in [4.78, 5) is 21.7. The maximum absolute atomic E-state index is 12.3. The number of nitrogens with one attached hydrogen (secondary N) is 2. The Balaban J connectivity index is 1.74. The van der Waals surface area contributed by atoms with Crippen LogP contribution in [-0.2, 0) is 0 Å². The van der Waals surface area contributed by atoms with Crippen molar-refractivity contribution in [1.29, 1.82) is 0 Å². The number of aromatic nitrogens is 2. The van der Waals surface area contributed by atoms with Crippen molar-refractivity contribution in [3.8, 4) is 5.75 Å². The summed E-state index contributed by atoms with van der Waals surface area (Å²) in [6.45, 7) is 6.11. The van der Waals surface area contributed by atoms with Crippen LogP contribution in [0.4, 0.5) is 4.79 Å². The molecule has 2 aromatic rings. The number of pyridine rings is 1. The zero-order valence-corrected chi connectivity index (χ0v) is 15.0. The lowest BCUT2D eigenvalue weighted by Gasteiger charge is -2.39. The monoisotopic (exact) mass is 354 g/mol. The summed E-state index contributed by atoms with van der Waals surface area (Å²) in [7, 11) is -0.997. The number of piperidine rings is 1. The van der Waals surface area contributed by atoms with Gasteiger partial charge in [0.05, 0.1) is 6.20 Å². The molecule has 0 spiro atoms. The van der Waals surface area contributed by atoms with Crippen LogP contribution in [0.5, 0.6) is 5.75 Å². The van der Waals surface area contributed by atoms with Gasteiger partial charge in [0.1, 0.15) is 11.4 Å². The summed E-state index contributed by atoms with van der Waals surface area (Å²) >= 11 is 0. The molecule has 0 radical (unpaired) electrons. The molecule has 26 heavy (non-hydrogen) atoms. The number of carbonyl (C=O) groups is 1. The van der Waals surface area contributed by atoms with E-state index in [1.807, 2.05) is 24.1 Å². The number of hydrogen-bond acceptors (Lipinski definition) is 4. The lowest BCUT2D eigenvalue weighted by Crippen LogP contribution is -2.48. The predicted molar refractivity (Wildman–Crippen MR) is 101 cm³/mol. The highest BCUT2D eigenvalue weighted by molar-refractivity contribution is 6.52. The molecule has 2 aliphatic heterocycles. The van der Waals surface area contributed by atoms with Crippen LogP contribution in [0.2, 0.25) is 0 Å². The lowest BCUT2D eigenvalue weighted by atomic mass is 9.72. The maximum Gasteiger partial charge on any atom is 0.552 e. The van der Waals surface area contributed by atoms with Gasteiger partial charge in [-0.3, -0.25) is 0 Å². The second kappa shape index (κ2) is 6.68. The summed E-state index contributed by atoms with van der Waals surface area (Å²) < 4.78 is 5.59. The first-order chi connectivity index (χ1) is 12.6. The number of hydrogen-bond donors (Lipinski definition) is 3. The van der Waals surface area contributed by atoms with E-state index in [4.69, 9.17) is 4.65 Å². The SMILES string of the molecule is CCNC(=O)N1CC[C@H](C)[C@H](C2=CB(O)Oc3cnc4[nH]ccc4c32)C1. The molecule has 2 aromatic heterocycles.